The lowest BCUT2D eigenvalue weighted by atomic mass is 9.84. The van der Waals surface area contributed by atoms with Gasteiger partial charge in [-0.1, -0.05) is 28.8 Å². The van der Waals surface area contributed by atoms with E-state index in [1.54, 1.807) is 12.1 Å². The lowest BCUT2D eigenvalue weighted by Crippen LogP contribution is -2.40. The van der Waals surface area contributed by atoms with Gasteiger partial charge in [0.15, 0.2) is 0 Å². The van der Waals surface area contributed by atoms with E-state index in [-0.39, 0.29) is 23.6 Å². The molecule has 1 aliphatic rings. The standard InChI is InChI=1S/C13H16BrFN2O/c14-8-5-6-10(15)12(7-8)17-13(18)9-3-1-2-4-11(9)16/h5-7,9,11H,1-4,16H2,(H,17,18). The van der Waals surface area contributed by atoms with Crippen molar-refractivity contribution < 1.29 is 9.18 Å². The maximum absolute atomic E-state index is 13.5. The first kappa shape index (κ1) is 13.5. The van der Waals surface area contributed by atoms with Crippen LogP contribution < -0.4 is 11.1 Å². The van der Waals surface area contributed by atoms with E-state index in [1.807, 2.05) is 0 Å². The summed E-state index contributed by atoms with van der Waals surface area (Å²) in [5.74, 6) is -0.827. The summed E-state index contributed by atoms with van der Waals surface area (Å²) in [6.07, 6.45) is 3.71. The monoisotopic (exact) mass is 314 g/mol. The fourth-order valence-electron chi connectivity index (χ4n) is 2.30. The van der Waals surface area contributed by atoms with Gasteiger partial charge in [-0.3, -0.25) is 4.79 Å². The topological polar surface area (TPSA) is 55.1 Å². The largest absolute Gasteiger partial charge is 0.327 e. The van der Waals surface area contributed by atoms with E-state index in [9.17, 15) is 9.18 Å². The molecule has 1 fully saturated rings. The highest BCUT2D eigenvalue weighted by molar-refractivity contribution is 9.10. The highest BCUT2D eigenvalue weighted by atomic mass is 79.9. The summed E-state index contributed by atoms with van der Waals surface area (Å²) in [6, 6.07) is 4.35. The van der Waals surface area contributed by atoms with Crippen LogP contribution in [0.2, 0.25) is 0 Å². The van der Waals surface area contributed by atoms with Crippen molar-refractivity contribution in [1.29, 1.82) is 0 Å². The van der Waals surface area contributed by atoms with Crippen molar-refractivity contribution in [3.63, 3.8) is 0 Å². The van der Waals surface area contributed by atoms with Gasteiger partial charge in [0.25, 0.3) is 0 Å². The molecule has 0 bridgehead atoms. The maximum Gasteiger partial charge on any atom is 0.229 e. The lowest BCUT2D eigenvalue weighted by Gasteiger charge is -2.27. The van der Waals surface area contributed by atoms with Crippen LogP contribution in [0.4, 0.5) is 10.1 Å². The molecule has 0 saturated heterocycles. The molecule has 2 unspecified atom stereocenters. The first-order valence-electron chi connectivity index (χ1n) is 6.09. The molecule has 3 nitrogen and oxygen atoms in total. The van der Waals surface area contributed by atoms with Gasteiger partial charge in [-0.05, 0) is 31.0 Å². The SMILES string of the molecule is NC1CCCCC1C(=O)Nc1cc(Br)ccc1F. The van der Waals surface area contributed by atoms with Gasteiger partial charge in [-0.2, -0.15) is 0 Å². The van der Waals surface area contributed by atoms with Crippen LogP contribution in [-0.4, -0.2) is 11.9 Å². The third-order valence-corrected chi connectivity index (χ3v) is 3.84. The Morgan fingerprint density at radius 2 is 2.11 bits per heavy atom. The second-order valence-corrected chi connectivity index (χ2v) is 5.58. The summed E-state index contributed by atoms with van der Waals surface area (Å²) in [5.41, 5.74) is 6.14. The summed E-state index contributed by atoms with van der Waals surface area (Å²) in [6.45, 7) is 0. The van der Waals surface area contributed by atoms with Crippen molar-refractivity contribution in [1.82, 2.24) is 0 Å². The molecule has 1 saturated carbocycles. The normalized spacial score (nSPS) is 23.7. The summed E-state index contributed by atoms with van der Waals surface area (Å²) >= 11 is 3.25. The number of carbonyl (C=O) groups is 1. The molecule has 98 valence electrons. The number of rotatable bonds is 2. The van der Waals surface area contributed by atoms with Crippen LogP contribution in [0.25, 0.3) is 0 Å². The van der Waals surface area contributed by atoms with E-state index in [1.165, 1.54) is 6.07 Å². The van der Waals surface area contributed by atoms with Crippen molar-refractivity contribution in [3.8, 4) is 0 Å². The Balaban J connectivity index is 2.08. The Morgan fingerprint density at radius 1 is 1.39 bits per heavy atom. The van der Waals surface area contributed by atoms with Crippen molar-refractivity contribution >= 4 is 27.5 Å². The van der Waals surface area contributed by atoms with Crippen LogP contribution in [0.1, 0.15) is 25.7 Å². The van der Waals surface area contributed by atoms with Crippen LogP contribution in [-0.2, 0) is 4.79 Å². The number of nitrogens with two attached hydrogens (primary N) is 1. The van der Waals surface area contributed by atoms with E-state index in [0.717, 1.165) is 30.2 Å². The number of anilines is 1. The van der Waals surface area contributed by atoms with Gasteiger partial charge in [0, 0.05) is 10.5 Å². The number of hydrogen-bond acceptors (Lipinski definition) is 2. The summed E-state index contributed by atoms with van der Waals surface area (Å²) in [4.78, 5) is 12.1. The third-order valence-electron chi connectivity index (χ3n) is 3.34. The van der Waals surface area contributed by atoms with Crippen molar-refractivity contribution in [2.75, 3.05) is 5.32 Å². The van der Waals surface area contributed by atoms with Gasteiger partial charge in [0.2, 0.25) is 5.91 Å². The van der Waals surface area contributed by atoms with Crippen molar-refractivity contribution in [2.24, 2.45) is 11.7 Å². The van der Waals surface area contributed by atoms with E-state index >= 15 is 0 Å². The van der Waals surface area contributed by atoms with Gasteiger partial charge in [0.1, 0.15) is 5.82 Å². The molecule has 3 N–H and O–H groups in total. The molecule has 2 atom stereocenters. The third kappa shape index (κ3) is 3.09. The zero-order valence-electron chi connectivity index (χ0n) is 9.96. The van der Waals surface area contributed by atoms with Crippen molar-refractivity contribution in [3.05, 3.63) is 28.5 Å². The van der Waals surface area contributed by atoms with Crippen LogP contribution in [0, 0.1) is 11.7 Å². The van der Waals surface area contributed by atoms with Crippen LogP contribution in [0.15, 0.2) is 22.7 Å². The quantitative estimate of drug-likeness (QED) is 0.881. The molecule has 5 heteroatoms. The van der Waals surface area contributed by atoms with Gasteiger partial charge in [0.05, 0.1) is 11.6 Å². The molecule has 0 heterocycles. The number of nitrogens with one attached hydrogen (secondary N) is 1. The zero-order chi connectivity index (χ0) is 13.1. The van der Waals surface area contributed by atoms with E-state index in [2.05, 4.69) is 21.2 Å². The van der Waals surface area contributed by atoms with Gasteiger partial charge < -0.3 is 11.1 Å². The summed E-state index contributed by atoms with van der Waals surface area (Å²) < 4.78 is 14.3. The molecule has 1 aromatic carbocycles. The van der Waals surface area contributed by atoms with E-state index in [4.69, 9.17) is 5.73 Å². The summed E-state index contributed by atoms with van der Waals surface area (Å²) in [5, 5.41) is 2.63. The first-order chi connectivity index (χ1) is 8.58. The minimum absolute atomic E-state index is 0.117. The Bertz CT molecular complexity index is 453. The Hall–Kier alpha value is -0.940. The van der Waals surface area contributed by atoms with Crippen LogP contribution >= 0.6 is 15.9 Å². The van der Waals surface area contributed by atoms with Crippen molar-refractivity contribution in [2.45, 2.75) is 31.7 Å². The van der Waals surface area contributed by atoms with Gasteiger partial charge >= 0.3 is 0 Å². The van der Waals surface area contributed by atoms with Crippen LogP contribution in [0.3, 0.4) is 0 Å². The molecule has 2 rings (SSSR count). The molecule has 18 heavy (non-hydrogen) atoms. The Kier molecular flexibility index (Phi) is 4.35. The second-order valence-electron chi connectivity index (χ2n) is 4.67. The molecule has 1 aliphatic carbocycles. The molecule has 0 radical (unpaired) electrons. The first-order valence-corrected chi connectivity index (χ1v) is 6.88. The fourth-order valence-corrected chi connectivity index (χ4v) is 2.66. The molecule has 0 aromatic heterocycles. The number of amides is 1. The minimum atomic E-state index is -0.434. The van der Waals surface area contributed by atoms with Crippen LogP contribution in [0.5, 0.6) is 0 Å². The maximum atomic E-state index is 13.5. The second kappa shape index (κ2) is 5.80. The highest BCUT2D eigenvalue weighted by Crippen LogP contribution is 2.26. The Labute approximate surface area is 114 Å². The highest BCUT2D eigenvalue weighted by Gasteiger charge is 2.28. The predicted molar refractivity (Wildman–Crippen MR) is 72.7 cm³/mol. The molecule has 1 aromatic rings. The smallest absolute Gasteiger partial charge is 0.229 e. The lowest BCUT2D eigenvalue weighted by molar-refractivity contribution is -0.121. The number of hydrogen-bond donors (Lipinski definition) is 2. The zero-order valence-corrected chi connectivity index (χ0v) is 11.5. The fraction of sp³-hybridized carbons (Fsp3) is 0.462. The average Bonchev–Trinajstić information content (AvgIpc) is 2.34. The molecular weight excluding hydrogens is 299 g/mol. The number of benzene rings is 1. The van der Waals surface area contributed by atoms with E-state index < -0.39 is 5.82 Å². The average molecular weight is 315 g/mol. The molecule has 1 amide bonds. The molecular formula is C13H16BrFN2O. The number of carbonyl (C=O) groups excluding carboxylic acids is 1. The predicted octanol–water partition coefficient (Wildman–Crippen LogP) is 3.04. The Morgan fingerprint density at radius 3 is 2.83 bits per heavy atom. The summed E-state index contributed by atoms with van der Waals surface area (Å²) in [7, 11) is 0. The van der Waals surface area contributed by atoms with Gasteiger partial charge in [-0.25, -0.2) is 4.39 Å². The number of halogens is 2. The van der Waals surface area contributed by atoms with Gasteiger partial charge in [-0.15, -0.1) is 0 Å². The molecule has 0 spiro atoms. The van der Waals surface area contributed by atoms with E-state index in [0.29, 0.717) is 0 Å². The molecule has 0 aliphatic heterocycles. The minimum Gasteiger partial charge on any atom is -0.327 e.